The monoisotopic (exact) mass is 484 g/mol. The number of aromatic nitrogens is 5. The number of aryl methyl sites for hydroxylation is 1. The molecular weight excluding hydrogens is 456 g/mol. The number of carbonyl (C=O) groups is 1. The van der Waals surface area contributed by atoms with Crippen LogP contribution in [-0.4, -0.2) is 41.5 Å². The number of hydrogen-bond donors (Lipinski definition) is 0. The minimum Gasteiger partial charge on any atom is -0.444 e. The second-order valence-corrected chi connectivity index (χ2v) is 10.6. The summed E-state index contributed by atoms with van der Waals surface area (Å²) in [4.78, 5) is 19.0. The molecule has 0 bridgehead atoms. The first-order valence-corrected chi connectivity index (χ1v) is 12.1. The fraction of sp³-hybridized carbons (Fsp3) is 0.542. The molecule has 3 aromatic rings. The third kappa shape index (κ3) is 4.53. The van der Waals surface area contributed by atoms with E-state index in [-0.39, 0.29) is 17.9 Å². The summed E-state index contributed by atoms with van der Waals surface area (Å²) in [5.41, 5.74) is 1.31. The number of ether oxygens (including phenoxy) is 1. The van der Waals surface area contributed by atoms with E-state index in [1.165, 1.54) is 0 Å². The van der Waals surface area contributed by atoms with Crippen LogP contribution in [0.1, 0.15) is 87.2 Å². The lowest BCUT2D eigenvalue weighted by Gasteiger charge is -2.26. The van der Waals surface area contributed by atoms with Crippen LogP contribution in [0.15, 0.2) is 22.7 Å². The highest BCUT2D eigenvalue weighted by Gasteiger charge is 2.34. The molecule has 9 nitrogen and oxygen atoms in total. The molecule has 5 rings (SSSR count). The van der Waals surface area contributed by atoms with Gasteiger partial charge in [-0.2, -0.15) is 4.98 Å². The van der Waals surface area contributed by atoms with E-state index in [4.69, 9.17) is 20.9 Å². The number of amides is 1. The average Bonchev–Trinajstić information content (AvgIpc) is 3.35. The van der Waals surface area contributed by atoms with Crippen molar-refractivity contribution >= 4 is 17.7 Å². The van der Waals surface area contributed by atoms with Gasteiger partial charge < -0.3 is 9.26 Å². The van der Waals surface area contributed by atoms with Gasteiger partial charge in [0.05, 0.1) is 18.8 Å². The number of halogens is 1. The van der Waals surface area contributed by atoms with Crippen molar-refractivity contribution in [2.75, 3.05) is 0 Å². The van der Waals surface area contributed by atoms with E-state index in [1.807, 2.05) is 45.9 Å². The summed E-state index contributed by atoms with van der Waals surface area (Å²) in [6, 6.07) is 5.76. The van der Waals surface area contributed by atoms with E-state index < -0.39 is 5.60 Å². The zero-order chi connectivity index (χ0) is 24.0. The Morgan fingerprint density at radius 1 is 1.12 bits per heavy atom. The largest absolute Gasteiger partial charge is 0.444 e. The molecule has 1 saturated carbocycles. The molecule has 34 heavy (non-hydrogen) atoms. The van der Waals surface area contributed by atoms with Gasteiger partial charge in [0.1, 0.15) is 11.4 Å². The van der Waals surface area contributed by atoms with Crippen LogP contribution in [0, 0.1) is 6.92 Å². The second-order valence-electron chi connectivity index (χ2n) is 10.1. The third-order valence-electron chi connectivity index (χ3n) is 6.37. The van der Waals surface area contributed by atoms with Crippen molar-refractivity contribution in [3.63, 3.8) is 0 Å². The first-order valence-electron chi connectivity index (χ1n) is 11.7. The predicted octanol–water partition coefficient (Wildman–Crippen LogP) is 5.30. The molecule has 1 amide bonds. The van der Waals surface area contributed by atoms with Crippen LogP contribution in [0.25, 0.3) is 5.69 Å². The Kier molecular flexibility index (Phi) is 5.83. The smallest absolute Gasteiger partial charge is 0.411 e. The quantitative estimate of drug-likeness (QED) is 0.486. The summed E-state index contributed by atoms with van der Waals surface area (Å²) in [6.45, 7) is 8.12. The lowest BCUT2D eigenvalue weighted by Crippen LogP contribution is -2.35. The van der Waals surface area contributed by atoms with Crippen molar-refractivity contribution in [1.29, 1.82) is 0 Å². The summed E-state index contributed by atoms with van der Waals surface area (Å²) in [5, 5.41) is 13.7. The van der Waals surface area contributed by atoms with Crippen LogP contribution < -0.4 is 0 Å². The summed E-state index contributed by atoms with van der Waals surface area (Å²) in [5.74, 6) is 3.56. The fourth-order valence-electron chi connectivity index (χ4n) is 4.82. The maximum Gasteiger partial charge on any atom is 0.411 e. The topological polar surface area (TPSA) is 99.2 Å². The van der Waals surface area contributed by atoms with Gasteiger partial charge in [0.15, 0.2) is 11.6 Å². The van der Waals surface area contributed by atoms with Gasteiger partial charge in [-0.15, -0.1) is 10.2 Å². The van der Waals surface area contributed by atoms with Gasteiger partial charge in [-0.1, -0.05) is 16.8 Å². The van der Waals surface area contributed by atoms with Crippen molar-refractivity contribution < 1.29 is 14.1 Å². The van der Waals surface area contributed by atoms with Gasteiger partial charge in [0.25, 0.3) is 0 Å². The van der Waals surface area contributed by atoms with Crippen LogP contribution in [-0.2, 0) is 17.8 Å². The number of carbonyl (C=O) groups excluding carboxylic acids is 1. The maximum absolute atomic E-state index is 12.9. The van der Waals surface area contributed by atoms with Gasteiger partial charge >= 0.3 is 6.09 Å². The molecule has 0 N–H and O–H groups in total. The zero-order valence-electron chi connectivity index (χ0n) is 19.9. The predicted molar refractivity (Wildman–Crippen MR) is 125 cm³/mol. The molecule has 2 aliphatic rings. The Morgan fingerprint density at radius 2 is 1.85 bits per heavy atom. The highest BCUT2D eigenvalue weighted by molar-refractivity contribution is 6.30. The maximum atomic E-state index is 12.9. The zero-order valence-corrected chi connectivity index (χ0v) is 20.7. The van der Waals surface area contributed by atoms with Gasteiger partial charge in [-0.05, 0) is 77.1 Å². The highest BCUT2D eigenvalue weighted by Crippen LogP contribution is 2.41. The van der Waals surface area contributed by atoms with Crippen LogP contribution in [0.2, 0.25) is 5.02 Å². The number of nitrogens with zero attached hydrogens (tertiary/aromatic N) is 6. The molecule has 180 valence electrons. The fourth-order valence-corrected chi connectivity index (χ4v) is 5.02. The number of hydrogen-bond acceptors (Lipinski definition) is 7. The van der Waals surface area contributed by atoms with Crippen LogP contribution in [0.5, 0.6) is 0 Å². The first-order chi connectivity index (χ1) is 16.2. The second kappa shape index (κ2) is 8.69. The van der Waals surface area contributed by atoms with Crippen molar-refractivity contribution in [3.8, 4) is 5.69 Å². The Balaban J connectivity index is 1.44. The lowest BCUT2D eigenvalue weighted by molar-refractivity contribution is 0.0214. The first kappa shape index (κ1) is 22.8. The molecule has 0 radical (unpaired) electrons. The van der Waals surface area contributed by atoms with Crippen LogP contribution in [0.4, 0.5) is 4.79 Å². The van der Waals surface area contributed by atoms with Gasteiger partial charge in [-0.25, -0.2) is 4.79 Å². The Bertz CT molecular complexity index is 1210. The van der Waals surface area contributed by atoms with Gasteiger partial charge in [0.2, 0.25) is 5.89 Å². The van der Waals surface area contributed by atoms with E-state index >= 15 is 0 Å². The Morgan fingerprint density at radius 3 is 2.53 bits per heavy atom. The summed E-state index contributed by atoms with van der Waals surface area (Å²) >= 11 is 6.33. The Labute approximate surface area is 203 Å². The normalized spacial score (nSPS) is 20.4. The standard InChI is InChI=1S/C24H29ClN6O3/c1-14-26-22(34-29-14)16-7-5-15(6-8-16)21-28-27-20-13-30(23(32)33-24(2,3)4)12-17-11-18(25)9-10-19(17)31(20)21/h9-11,15-16H,5-8,12-13H2,1-4H3/t15-,16-. The third-order valence-corrected chi connectivity index (χ3v) is 6.60. The van der Waals surface area contributed by atoms with E-state index in [9.17, 15) is 4.79 Å². The van der Waals surface area contributed by atoms with Crippen LogP contribution in [0.3, 0.4) is 0 Å². The molecule has 0 saturated heterocycles. The van der Waals surface area contributed by atoms with Crippen molar-refractivity contribution in [2.24, 2.45) is 0 Å². The van der Waals surface area contributed by atoms with E-state index in [0.717, 1.165) is 54.5 Å². The van der Waals surface area contributed by atoms with E-state index in [0.29, 0.717) is 23.9 Å². The van der Waals surface area contributed by atoms with Crippen LogP contribution >= 0.6 is 11.6 Å². The number of rotatable bonds is 2. The molecule has 0 unspecified atom stereocenters. The van der Waals surface area contributed by atoms with Crippen molar-refractivity contribution in [2.45, 2.75) is 83.9 Å². The molecule has 3 heterocycles. The molecule has 1 aliphatic carbocycles. The molecule has 10 heteroatoms. The minimum absolute atomic E-state index is 0.248. The summed E-state index contributed by atoms with van der Waals surface area (Å²) in [7, 11) is 0. The molecule has 0 atom stereocenters. The summed E-state index contributed by atoms with van der Waals surface area (Å²) < 4.78 is 13.2. The molecule has 2 aromatic heterocycles. The highest BCUT2D eigenvalue weighted by atomic mass is 35.5. The molecule has 1 fully saturated rings. The number of fused-ring (bicyclic) bond motifs is 3. The van der Waals surface area contributed by atoms with Gasteiger partial charge in [-0.3, -0.25) is 9.47 Å². The molecule has 0 spiro atoms. The average molecular weight is 485 g/mol. The van der Waals surface area contributed by atoms with Crippen molar-refractivity contribution in [3.05, 3.63) is 52.1 Å². The lowest BCUT2D eigenvalue weighted by atomic mass is 9.81. The molecule has 1 aliphatic heterocycles. The van der Waals surface area contributed by atoms with Crippen molar-refractivity contribution in [1.82, 2.24) is 29.8 Å². The Hall–Kier alpha value is -2.94. The molecular formula is C24H29ClN6O3. The minimum atomic E-state index is -0.588. The number of benzene rings is 1. The SMILES string of the molecule is Cc1noc([C@H]2CC[C@H](c3nnc4n3-c3ccc(Cl)cc3CN(C(=O)OC(C)(C)C)C4)CC2)n1. The summed E-state index contributed by atoms with van der Waals surface area (Å²) in [6.07, 6.45) is 3.41. The van der Waals surface area contributed by atoms with E-state index in [2.05, 4.69) is 24.9 Å². The molecule has 1 aromatic carbocycles. The van der Waals surface area contributed by atoms with E-state index in [1.54, 1.807) is 4.90 Å². The van der Waals surface area contributed by atoms with Gasteiger partial charge in [0, 0.05) is 16.9 Å².